The smallest absolute Gasteiger partial charge is 0.221 e. The van der Waals surface area contributed by atoms with E-state index < -0.39 is 0 Å². The van der Waals surface area contributed by atoms with E-state index in [1.807, 2.05) is 18.2 Å². The topological polar surface area (TPSA) is 46.2 Å². The zero-order valence-corrected chi connectivity index (χ0v) is 10.0. The molecule has 2 rings (SSSR count). The fraction of sp³-hybridized carbons (Fsp3) is 0.0667. The van der Waals surface area contributed by atoms with Gasteiger partial charge in [0.1, 0.15) is 0 Å². The van der Waals surface area contributed by atoms with Gasteiger partial charge in [-0.3, -0.25) is 9.59 Å². The Bertz CT molecular complexity index is 576. The Morgan fingerprint density at radius 3 is 2.22 bits per heavy atom. The molecule has 0 aromatic heterocycles. The van der Waals surface area contributed by atoms with E-state index in [1.54, 1.807) is 36.4 Å². The van der Waals surface area contributed by atoms with Crippen LogP contribution in [-0.2, 0) is 4.79 Å². The summed E-state index contributed by atoms with van der Waals surface area (Å²) in [5.74, 6) is -0.206. The Kier molecular flexibility index (Phi) is 3.53. The molecule has 0 unspecified atom stereocenters. The van der Waals surface area contributed by atoms with Gasteiger partial charge < -0.3 is 5.32 Å². The number of nitrogens with one attached hydrogen (secondary N) is 1. The SMILES string of the molecule is CC(=O)Nc1cccc(C(=O)c2ccccc2)c1. The summed E-state index contributed by atoms with van der Waals surface area (Å²) in [6.45, 7) is 1.44. The molecule has 3 nitrogen and oxygen atoms in total. The highest BCUT2D eigenvalue weighted by molar-refractivity contribution is 6.09. The van der Waals surface area contributed by atoms with Crippen molar-refractivity contribution in [3.63, 3.8) is 0 Å². The first kappa shape index (κ1) is 12.0. The standard InChI is InChI=1S/C15H13NO2/c1-11(17)16-14-9-5-8-13(10-14)15(18)12-6-3-2-4-7-12/h2-10H,1H3,(H,16,17). The summed E-state index contributed by atoms with van der Waals surface area (Å²) < 4.78 is 0. The van der Waals surface area contributed by atoms with E-state index in [1.165, 1.54) is 6.92 Å². The Labute approximate surface area is 105 Å². The quantitative estimate of drug-likeness (QED) is 0.837. The molecule has 2 aromatic rings. The molecule has 90 valence electrons. The Morgan fingerprint density at radius 1 is 0.889 bits per heavy atom. The molecular weight excluding hydrogens is 226 g/mol. The highest BCUT2D eigenvalue weighted by Gasteiger charge is 2.08. The van der Waals surface area contributed by atoms with Gasteiger partial charge in [-0.25, -0.2) is 0 Å². The predicted octanol–water partition coefficient (Wildman–Crippen LogP) is 2.88. The molecule has 0 radical (unpaired) electrons. The number of hydrogen-bond donors (Lipinski definition) is 1. The van der Waals surface area contributed by atoms with Crippen molar-refractivity contribution in [2.45, 2.75) is 6.92 Å². The van der Waals surface area contributed by atoms with Crippen LogP contribution in [0.4, 0.5) is 5.69 Å². The van der Waals surface area contributed by atoms with Gasteiger partial charge in [-0.2, -0.15) is 0 Å². The van der Waals surface area contributed by atoms with Crippen LogP contribution in [-0.4, -0.2) is 11.7 Å². The Hall–Kier alpha value is -2.42. The number of amides is 1. The molecule has 0 saturated heterocycles. The molecule has 0 aliphatic rings. The van der Waals surface area contributed by atoms with Crippen LogP contribution in [0.5, 0.6) is 0 Å². The summed E-state index contributed by atoms with van der Waals surface area (Å²) in [5, 5.41) is 2.66. The largest absolute Gasteiger partial charge is 0.326 e. The van der Waals surface area contributed by atoms with Crippen LogP contribution in [0, 0.1) is 0 Å². The average Bonchev–Trinajstić information content (AvgIpc) is 2.38. The number of hydrogen-bond acceptors (Lipinski definition) is 2. The van der Waals surface area contributed by atoms with Crippen molar-refractivity contribution in [3.05, 3.63) is 65.7 Å². The molecule has 0 heterocycles. The summed E-state index contributed by atoms with van der Waals surface area (Å²) in [7, 11) is 0. The van der Waals surface area contributed by atoms with Crippen LogP contribution in [0.1, 0.15) is 22.8 Å². The Morgan fingerprint density at radius 2 is 1.56 bits per heavy atom. The van der Waals surface area contributed by atoms with Crippen LogP contribution < -0.4 is 5.32 Å². The molecule has 0 aliphatic heterocycles. The first-order chi connectivity index (χ1) is 8.66. The zero-order chi connectivity index (χ0) is 13.0. The van der Waals surface area contributed by atoms with E-state index >= 15 is 0 Å². The third-order valence-corrected chi connectivity index (χ3v) is 2.48. The number of benzene rings is 2. The minimum absolute atomic E-state index is 0.0530. The molecule has 0 atom stereocenters. The number of ketones is 1. The molecule has 18 heavy (non-hydrogen) atoms. The molecule has 0 aliphatic carbocycles. The highest BCUT2D eigenvalue weighted by Crippen LogP contribution is 2.14. The normalized spacial score (nSPS) is 9.83. The molecule has 1 amide bonds. The molecular formula is C15H13NO2. The molecule has 0 fully saturated rings. The first-order valence-corrected chi connectivity index (χ1v) is 5.64. The highest BCUT2D eigenvalue weighted by atomic mass is 16.1. The van der Waals surface area contributed by atoms with Gasteiger partial charge in [0.2, 0.25) is 5.91 Å². The second-order valence-electron chi connectivity index (χ2n) is 3.96. The maximum absolute atomic E-state index is 12.2. The molecule has 0 saturated carbocycles. The predicted molar refractivity (Wildman–Crippen MR) is 70.6 cm³/mol. The van der Waals surface area contributed by atoms with Gasteiger partial charge in [0.25, 0.3) is 0 Å². The molecule has 2 aromatic carbocycles. The lowest BCUT2D eigenvalue weighted by molar-refractivity contribution is -0.114. The lowest BCUT2D eigenvalue weighted by Crippen LogP contribution is -2.07. The van der Waals surface area contributed by atoms with Crippen molar-refractivity contribution in [2.24, 2.45) is 0 Å². The van der Waals surface area contributed by atoms with Crippen molar-refractivity contribution in [3.8, 4) is 0 Å². The van der Waals surface area contributed by atoms with Crippen LogP contribution >= 0.6 is 0 Å². The minimum Gasteiger partial charge on any atom is -0.326 e. The molecule has 0 bridgehead atoms. The van der Waals surface area contributed by atoms with Crippen molar-refractivity contribution < 1.29 is 9.59 Å². The summed E-state index contributed by atoms with van der Waals surface area (Å²) in [6.07, 6.45) is 0. The van der Waals surface area contributed by atoms with Gasteiger partial charge >= 0.3 is 0 Å². The van der Waals surface area contributed by atoms with Crippen molar-refractivity contribution in [1.29, 1.82) is 0 Å². The van der Waals surface area contributed by atoms with E-state index in [0.717, 1.165) is 0 Å². The van der Waals surface area contributed by atoms with Crippen molar-refractivity contribution in [1.82, 2.24) is 0 Å². The van der Waals surface area contributed by atoms with Crippen LogP contribution in [0.2, 0.25) is 0 Å². The summed E-state index contributed by atoms with van der Waals surface area (Å²) in [4.78, 5) is 23.1. The van der Waals surface area contributed by atoms with E-state index in [2.05, 4.69) is 5.32 Å². The van der Waals surface area contributed by atoms with Crippen LogP contribution in [0.15, 0.2) is 54.6 Å². The lowest BCUT2D eigenvalue weighted by atomic mass is 10.0. The monoisotopic (exact) mass is 239 g/mol. The summed E-state index contributed by atoms with van der Waals surface area (Å²) >= 11 is 0. The van der Waals surface area contributed by atoms with E-state index in [4.69, 9.17) is 0 Å². The first-order valence-electron chi connectivity index (χ1n) is 5.64. The number of carbonyl (C=O) groups excluding carboxylic acids is 2. The van der Waals surface area contributed by atoms with Gasteiger partial charge in [-0.15, -0.1) is 0 Å². The van der Waals surface area contributed by atoms with Gasteiger partial charge in [0, 0.05) is 23.7 Å². The molecule has 1 N–H and O–H groups in total. The number of anilines is 1. The van der Waals surface area contributed by atoms with E-state index in [-0.39, 0.29) is 11.7 Å². The van der Waals surface area contributed by atoms with Crippen molar-refractivity contribution in [2.75, 3.05) is 5.32 Å². The fourth-order valence-electron chi connectivity index (χ4n) is 1.70. The second-order valence-corrected chi connectivity index (χ2v) is 3.96. The summed E-state index contributed by atoms with van der Waals surface area (Å²) in [6, 6.07) is 16.0. The van der Waals surface area contributed by atoms with Crippen LogP contribution in [0.25, 0.3) is 0 Å². The maximum atomic E-state index is 12.2. The minimum atomic E-state index is -0.153. The Balaban J connectivity index is 2.29. The third kappa shape index (κ3) is 2.83. The van der Waals surface area contributed by atoms with E-state index in [0.29, 0.717) is 16.8 Å². The lowest BCUT2D eigenvalue weighted by Gasteiger charge is -2.05. The van der Waals surface area contributed by atoms with Crippen LogP contribution in [0.3, 0.4) is 0 Å². The zero-order valence-electron chi connectivity index (χ0n) is 10.0. The third-order valence-electron chi connectivity index (χ3n) is 2.48. The van der Waals surface area contributed by atoms with Gasteiger partial charge in [-0.05, 0) is 12.1 Å². The van der Waals surface area contributed by atoms with Gasteiger partial charge in [0.15, 0.2) is 5.78 Å². The number of rotatable bonds is 3. The van der Waals surface area contributed by atoms with Gasteiger partial charge in [0.05, 0.1) is 0 Å². The van der Waals surface area contributed by atoms with Crippen molar-refractivity contribution >= 4 is 17.4 Å². The number of carbonyl (C=O) groups is 2. The maximum Gasteiger partial charge on any atom is 0.221 e. The second kappa shape index (κ2) is 5.27. The van der Waals surface area contributed by atoms with E-state index in [9.17, 15) is 9.59 Å². The molecule has 3 heteroatoms. The molecule has 0 spiro atoms. The van der Waals surface area contributed by atoms with Gasteiger partial charge in [-0.1, -0.05) is 42.5 Å². The summed E-state index contributed by atoms with van der Waals surface area (Å²) in [5.41, 5.74) is 1.83. The average molecular weight is 239 g/mol. The fourth-order valence-corrected chi connectivity index (χ4v) is 1.70.